The monoisotopic (exact) mass is 356 g/mol. The van der Waals surface area contributed by atoms with Gasteiger partial charge in [0.25, 0.3) is 0 Å². The molecule has 0 fully saturated rings. The van der Waals surface area contributed by atoms with Crippen molar-refractivity contribution in [3.8, 4) is 0 Å². The van der Waals surface area contributed by atoms with Crippen molar-refractivity contribution < 1.29 is 4.79 Å². The van der Waals surface area contributed by atoms with E-state index in [9.17, 15) is 4.79 Å². The minimum atomic E-state index is -0.324. The van der Waals surface area contributed by atoms with Crippen LogP contribution in [0.5, 0.6) is 0 Å². The molecule has 0 aliphatic rings. The van der Waals surface area contributed by atoms with E-state index in [0.29, 0.717) is 0 Å². The largest absolute Gasteiger partial charge is 0.370 e. The summed E-state index contributed by atoms with van der Waals surface area (Å²) in [6, 6.07) is 9.78. The lowest BCUT2D eigenvalue weighted by molar-refractivity contribution is -0.117. The number of nitrogens with two attached hydrogens (primary N) is 1. The van der Waals surface area contributed by atoms with Crippen LogP contribution in [-0.2, 0) is 11.2 Å². The van der Waals surface area contributed by atoms with E-state index in [1.165, 1.54) is 6.42 Å². The van der Waals surface area contributed by atoms with Crippen LogP contribution in [0, 0.1) is 11.8 Å². The fourth-order valence-corrected chi connectivity index (χ4v) is 3.23. The first kappa shape index (κ1) is 20.2. The SMILES string of the molecule is CCC(CNCCCNc1ccc2c(CC(N)=O)cccc2n1)C(C)C. The van der Waals surface area contributed by atoms with Crippen molar-refractivity contribution in [3.63, 3.8) is 0 Å². The zero-order valence-corrected chi connectivity index (χ0v) is 16.2. The van der Waals surface area contributed by atoms with Gasteiger partial charge >= 0.3 is 0 Å². The first-order valence-corrected chi connectivity index (χ1v) is 9.62. The highest BCUT2D eigenvalue weighted by Gasteiger charge is 2.09. The van der Waals surface area contributed by atoms with Gasteiger partial charge in [0.1, 0.15) is 5.82 Å². The van der Waals surface area contributed by atoms with Crippen LogP contribution in [0.4, 0.5) is 5.82 Å². The molecule has 0 radical (unpaired) electrons. The molecule has 142 valence electrons. The Bertz CT molecular complexity index is 714. The molecule has 5 heteroatoms. The number of amides is 1. The summed E-state index contributed by atoms with van der Waals surface area (Å²) in [5.41, 5.74) is 7.13. The lowest BCUT2D eigenvalue weighted by atomic mass is 9.93. The number of carbonyl (C=O) groups is 1. The van der Waals surface area contributed by atoms with Crippen LogP contribution in [0.15, 0.2) is 30.3 Å². The summed E-state index contributed by atoms with van der Waals surface area (Å²) in [6.07, 6.45) is 2.52. The lowest BCUT2D eigenvalue weighted by Crippen LogP contribution is -2.27. The van der Waals surface area contributed by atoms with Gasteiger partial charge in [-0.3, -0.25) is 4.79 Å². The molecule has 2 rings (SSSR count). The van der Waals surface area contributed by atoms with Gasteiger partial charge in [-0.1, -0.05) is 39.3 Å². The van der Waals surface area contributed by atoms with E-state index in [1.807, 2.05) is 30.3 Å². The second kappa shape index (κ2) is 10.1. The van der Waals surface area contributed by atoms with Crippen molar-refractivity contribution in [2.75, 3.05) is 25.0 Å². The molecular weight excluding hydrogens is 324 g/mol. The zero-order chi connectivity index (χ0) is 18.9. The molecule has 1 aromatic heterocycles. The minimum absolute atomic E-state index is 0.243. The van der Waals surface area contributed by atoms with Crippen LogP contribution in [-0.4, -0.2) is 30.5 Å². The van der Waals surface area contributed by atoms with E-state index in [2.05, 4.69) is 36.4 Å². The highest BCUT2D eigenvalue weighted by molar-refractivity contribution is 5.88. The standard InChI is InChI=1S/C21H32N4O/c1-4-16(15(2)3)14-23-11-6-12-24-21-10-9-18-17(13-20(22)26)7-5-8-19(18)25-21/h5,7-10,15-16,23H,4,6,11-14H2,1-3H3,(H2,22,26)(H,24,25). The Balaban J connectivity index is 1.81. The molecule has 5 nitrogen and oxygen atoms in total. The average Bonchev–Trinajstić information content (AvgIpc) is 2.60. The number of pyridine rings is 1. The van der Waals surface area contributed by atoms with E-state index in [1.54, 1.807) is 0 Å². The fraction of sp³-hybridized carbons (Fsp3) is 0.524. The number of fused-ring (bicyclic) bond motifs is 1. The summed E-state index contributed by atoms with van der Waals surface area (Å²) >= 11 is 0. The Morgan fingerprint density at radius 1 is 1.19 bits per heavy atom. The van der Waals surface area contributed by atoms with Gasteiger partial charge in [-0.15, -0.1) is 0 Å². The van der Waals surface area contributed by atoms with E-state index >= 15 is 0 Å². The molecule has 1 aromatic carbocycles. The Morgan fingerprint density at radius 2 is 2.00 bits per heavy atom. The van der Waals surface area contributed by atoms with Crippen LogP contribution in [0.3, 0.4) is 0 Å². The van der Waals surface area contributed by atoms with Crippen molar-refractivity contribution >= 4 is 22.6 Å². The predicted molar refractivity (Wildman–Crippen MR) is 109 cm³/mol. The quantitative estimate of drug-likeness (QED) is 0.540. The Kier molecular flexibility index (Phi) is 7.85. The summed E-state index contributed by atoms with van der Waals surface area (Å²) in [4.78, 5) is 15.8. The van der Waals surface area contributed by atoms with Crippen LogP contribution in [0.2, 0.25) is 0 Å². The molecule has 1 atom stereocenters. The minimum Gasteiger partial charge on any atom is -0.370 e. The third kappa shape index (κ3) is 5.99. The highest BCUT2D eigenvalue weighted by atomic mass is 16.1. The summed E-state index contributed by atoms with van der Waals surface area (Å²) in [6.45, 7) is 9.81. The number of nitrogens with one attached hydrogen (secondary N) is 2. The summed E-state index contributed by atoms with van der Waals surface area (Å²) in [7, 11) is 0. The molecule has 0 aliphatic heterocycles. The molecule has 0 saturated heterocycles. The first-order chi connectivity index (χ1) is 12.5. The molecule has 0 saturated carbocycles. The van der Waals surface area contributed by atoms with Crippen LogP contribution in [0.25, 0.3) is 10.9 Å². The molecule has 1 amide bonds. The van der Waals surface area contributed by atoms with E-state index in [4.69, 9.17) is 5.73 Å². The van der Waals surface area contributed by atoms with Crippen LogP contribution < -0.4 is 16.4 Å². The Morgan fingerprint density at radius 3 is 2.69 bits per heavy atom. The number of rotatable bonds is 11. The Hall–Kier alpha value is -2.14. The maximum absolute atomic E-state index is 11.2. The number of nitrogens with zero attached hydrogens (tertiary/aromatic N) is 1. The lowest BCUT2D eigenvalue weighted by Gasteiger charge is -2.19. The van der Waals surface area contributed by atoms with Gasteiger partial charge in [0.2, 0.25) is 5.91 Å². The van der Waals surface area contributed by atoms with Crippen LogP contribution >= 0.6 is 0 Å². The van der Waals surface area contributed by atoms with E-state index in [0.717, 1.165) is 60.2 Å². The highest BCUT2D eigenvalue weighted by Crippen LogP contribution is 2.20. The summed E-state index contributed by atoms with van der Waals surface area (Å²) in [5.74, 6) is 2.02. The number of hydrogen-bond donors (Lipinski definition) is 3. The van der Waals surface area contributed by atoms with Gasteiger partial charge in [0.05, 0.1) is 11.9 Å². The molecular formula is C21H32N4O. The van der Waals surface area contributed by atoms with E-state index < -0.39 is 0 Å². The molecule has 4 N–H and O–H groups in total. The molecule has 0 aliphatic carbocycles. The van der Waals surface area contributed by atoms with Crippen molar-refractivity contribution in [2.24, 2.45) is 17.6 Å². The number of hydrogen-bond acceptors (Lipinski definition) is 4. The smallest absolute Gasteiger partial charge is 0.221 e. The number of aromatic nitrogens is 1. The van der Waals surface area contributed by atoms with Crippen LogP contribution in [0.1, 0.15) is 39.2 Å². The normalized spacial score (nSPS) is 12.5. The molecule has 26 heavy (non-hydrogen) atoms. The maximum atomic E-state index is 11.2. The van der Waals surface area contributed by atoms with Gasteiger partial charge in [0.15, 0.2) is 0 Å². The maximum Gasteiger partial charge on any atom is 0.221 e. The third-order valence-corrected chi connectivity index (χ3v) is 4.90. The Labute approximate surface area is 156 Å². The van der Waals surface area contributed by atoms with E-state index in [-0.39, 0.29) is 12.3 Å². The molecule has 0 bridgehead atoms. The number of carbonyl (C=O) groups excluding carboxylic acids is 1. The number of benzene rings is 1. The van der Waals surface area contributed by atoms with Gasteiger partial charge in [-0.05, 0) is 55.1 Å². The average molecular weight is 357 g/mol. The predicted octanol–water partition coefficient (Wildman–Crippen LogP) is 3.34. The third-order valence-electron chi connectivity index (χ3n) is 4.90. The second-order valence-corrected chi connectivity index (χ2v) is 7.22. The van der Waals surface area contributed by atoms with Crippen molar-refractivity contribution in [1.82, 2.24) is 10.3 Å². The number of primary amides is 1. The van der Waals surface area contributed by atoms with Gasteiger partial charge < -0.3 is 16.4 Å². The molecule has 0 spiro atoms. The summed E-state index contributed by atoms with van der Waals surface area (Å²) in [5, 5.41) is 7.92. The zero-order valence-electron chi connectivity index (χ0n) is 16.2. The molecule has 1 heterocycles. The van der Waals surface area contributed by atoms with Gasteiger partial charge in [0, 0.05) is 11.9 Å². The van der Waals surface area contributed by atoms with Gasteiger partial charge in [-0.25, -0.2) is 4.98 Å². The summed E-state index contributed by atoms with van der Waals surface area (Å²) < 4.78 is 0. The molecule has 1 unspecified atom stereocenters. The van der Waals surface area contributed by atoms with Gasteiger partial charge in [-0.2, -0.15) is 0 Å². The number of anilines is 1. The fourth-order valence-electron chi connectivity index (χ4n) is 3.23. The molecule has 2 aromatic rings. The van der Waals surface area contributed by atoms with Crippen molar-refractivity contribution in [1.29, 1.82) is 0 Å². The van der Waals surface area contributed by atoms with Crippen molar-refractivity contribution in [2.45, 2.75) is 40.0 Å². The topological polar surface area (TPSA) is 80.0 Å². The first-order valence-electron chi connectivity index (χ1n) is 9.62. The second-order valence-electron chi connectivity index (χ2n) is 7.22. The van der Waals surface area contributed by atoms with Crippen molar-refractivity contribution in [3.05, 3.63) is 35.9 Å².